The molecular weight excluding hydrogens is 270 g/mol. The third-order valence-electron chi connectivity index (χ3n) is 2.30. The Morgan fingerprint density at radius 1 is 1.42 bits per heavy atom. The number of benzene rings is 1. The van der Waals surface area contributed by atoms with Gasteiger partial charge >= 0.3 is 0 Å². The average Bonchev–Trinajstić information content (AvgIpc) is 2.36. The largest absolute Gasteiger partial charge is 0.346 e. The van der Waals surface area contributed by atoms with E-state index in [9.17, 15) is 13.6 Å². The van der Waals surface area contributed by atoms with E-state index in [-0.39, 0.29) is 0 Å². The summed E-state index contributed by atoms with van der Waals surface area (Å²) in [7, 11) is 0. The van der Waals surface area contributed by atoms with Crippen molar-refractivity contribution in [3.05, 3.63) is 29.8 Å². The third-order valence-corrected chi connectivity index (χ3v) is 3.38. The molecule has 0 spiro atoms. The van der Waals surface area contributed by atoms with Crippen LogP contribution in [0.25, 0.3) is 0 Å². The number of hydrogen-bond acceptors (Lipinski definition) is 3. The predicted molar refractivity (Wildman–Crippen MR) is 73.8 cm³/mol. The summed E-state index contributed by atoms with van der Waals surface area (Å²) in [6.45, 7) is 2.47. The van der Waals surface area contributed by atoms with Gasteiger partial charge in [0.15, 0.2) is 0 Å². The van der Waals surface area contributed by atoms with Crippen LogP contribution in [0.4, 0.5) is 8.78 Å². The fourth-order valence-electron chi connectivity index (χ4n) is 1.39. The molecule has 6 heteroatoms. The van der Waals surface area contributed by atoms with Crippen LogP contribution >= 0.6 is 11.8 Å². The summed E-state index contributed by atoms with van der Waals surface area (Å²) in [4.78, 5) is 12.7. The van der Waals surface area contributed by atoms with Crippen LogP contribution in [0.3, 0.4) is 0 Å². The smallest absolute Gasteiger partial charge is 0.277 e. The van der Waals surface area contributed by atoms with E-state index in [2.05, 4.69) is 5.32 Å². The van der Waals surface area contributed by atoms with Gasteiger partial charge < -0.3 is 11.1 Å². The molecular formula is C13H18F2N2OS. The summed E-state index contributed by atoms with van der Waals surface area (Å²) in [5.74, 6) is -3.58. The number of hydrogen-bond donors (Lipinski definition) is 2. The second kappa shape index (κ2) is 6.86. The Kier molecular flexibility index (Phi) is 5.75. The molecule has 0 radical (unpaired) electrons. The molecule has 0 bridgehead atoms. The zero-order chi connectivity index (χ0) is 14.5. The van der Waals surface area contributed by atoms with Crippen molar-refractivity contribution in [3.63, 3.8) is 0 Å². The Morgan fingerprint density at radius 2 is 2.05 bits per heavy atom. The molecule has 0 saturated heterocycles. The SMILES string of the molecule is CC(C)Sc1ccccc1C(=O)NCC(F)(F)CN. The topological polar surface area (TPSA) is 55.1 Å². The van der Waals surface area contributed by atoms with Gasteiger partial charge in [0.2, 0.25) is 0 Å². The van der Waals surface area contributed by atoms with Crippen LogP contribution in [-0.4, -0.2) is 30.2 Å². The lowest BCUT2D eigenvalue weighted by Gasteiger charge is -2.16. The number of thioether (sulfide) groups is 1. The first-order valence-electron chi connectivity index (χ1n) is 5.97. The first-order valence-corrected chi connectivity index (χ1v) is 6.85. The Morgan fingerprint density at radius 3 is 2.63 bits per heavy atom. The molecule has 0 fully saturated rings. The molecule has 0 aliphatic rings. The number of carbonyl (C=O) groups excluding carboxylic acids is 1. The van der Waals surface area contributed by atoms with Crippen molar-refractivity contribution < 1.29 is 13.6 Å². The van der Waals surface area contributed by atoms with E-state index in [1.807, 2.05) is 19.9 Å². The Bertz CT molecular complexity index is 438. The fraction of sp³-hybridized carbons (Fsp3) is 0.462. The summed E-state index contributed by atoms with van der Waals surface area (Å²) >= 11 is 1.52. The Balaban J connectivity index is 2.77. The van der Waals surface area contributed by atoms with Gasteiger partial charge in [-0.15, -0.1) is 11.8 Å². The minimum Gasteiger partial charge on any atom is -0.346 e. The van der Waals surface area contributed by atoms with E-state index in [0.29, 0.717) is 10.8 Å². The Labute approximate surface area is 115 Å². The van der Waals surface area contributed by atoms with Gasteiger partial charge in [-0.1, -0.05) is 26.0 Å². The second-order valence-electron chi connectivity index (χ2n) is 4.41. The number of alkyl halides is 2. The zero-order valence-corrected chi connectivity index (χ0v) is 11.8. The minimum absolute atomic E-state index is 0.305. The standard InChI is InChI=1S/C13H18F2N2OS/c1-9(2)19-11-6-4-3-5-10(11)12(18)17-8-13(14,15)7-16/h3-6,9H,7-8,16H2,1-2H3,(H,17,18). The Hall–Kier alpha value is -1.14. The molecule has 1 rings (SSSR count). The van der Waals surface area contributed by atoms with Crippen molar-refractivity contribution in [1.29, 1.82) is 0 Å². The normalized spacial score (nSPS) is 11.7. The van der Waals surface area contributed by atoms with Crippen molar-refractivity contribution in [2.24, 2.45) is 5.73 Å². The molecule has 106 valence electrons. The van der Waals surface area contributed by atoms with Gasteiger partial charge in [-0.3, -0.25) is 4.79 Å². The highest BCUT2D eigenvalue weighted by molar-refractivity contribution is 8.00. The van der Waals surface area contributed by atoms with Gasteiger partial charge in [-0.25, -0.2) is 8.78 Å². The fourth-order valence-corrected chi connectivity index (χ4v) is 2.34. The van der Waals surface area contributed by atoms with Crippen LogP contribution in [0.5, 0.6) is 0 Å². The van der Waals surface area contributed by atoms with Crippen LogP contribution in [-0.2, 0) is 0 Å². The first kappa shape index (κ1) is 15.9. The molecule has 0 aliphatic carbocycles. The molecule has 0 heterocycles. The highest BCUT2D eigenvalue weighted by atomic mass is 32.2. The highest BCUT2D eigenvalue weighted by Gasteiger charge is 2.27. The zero-order valence-electron chi connectivity index (χ0n) is 11.0. The first-order chi connectivity index (χ1) is 8.85. The predicted octanol–water partition coefficient (Wildman–Crippen LogP) is 2.51. The van der Waals surface area contributed by atoms with E-state index >= 15 is 0 Å². The van der Waals surface area contributed by atoms with Gasteiger partial charge in [0.05, 0.1) is 18.7 Å². The molecule has 0 aliphatic heterocycles. The average molecular weight is 288 g/mol. The molecule has 1 aromatic rings. The van der Waals surface area contributed by atoms with Gasteiger partial charge in [-0.2, -0.15) is 0 Å². The van der Waals surface area contributed by atoms with Crippen LogP contribution in [0.2, 0.25) is 0 Å². The van der Waals surface area contributed by atoms with Gasteiger partial charge in [-0.05, 0) is 12.1 Å². The lowest BCUT2D eigenvalue weighted by atomic mass is 10.2. The summed E-state index contributed by atoms with van der Waals surface area (Å²) in [6, 6.07) is 6.96. The molecule has 0 unspecified atom stereocenters. The summed E-state index contributed by atoms with van der Waals surface area (Å²) in [5.41, 5.74) is 5.33. The number of rotatable bonds is 6. The minimum atomic E-state index is -3.07. The molecule has 0 atom stereocenters. The summed E-state index contributed by atoms with van der Waals surface area (Å²) in [5, 5.41) is 2.53. The monoisotopic (exact) mass is 288 g/mol. The van der Waals surface area contributed by atoms with Crippen molar-refractivity contribution in [2.45, 2.75) is 29.9 Å². The molecule has 0 saturated carbocycles. The summed E-state index contributed by atoms with van der Waals surface area (Å²) in [6.07, 6.45) is 0. The van der Waals surface area contributed by atoms with Gasteiger partial charge in [0.25, 0.3) is 11.8 Å². The van der Waals surface area contributed by atoms with Crippen molar-refractivity contribution in [2.75, 3.05) is 13.1 Å². The number of nitrogens with one attached hydrogen (secondary N) is 1. The van der Waals surface area contributed by atoms with E-state index in [1.165, 1.54) is 11.8 Å². The molecule has 1 amide bonds. The quantitative estimate of drug-likeness (QED) is 0.791. The van der Waals surface area contributed by atoms with Crippen LogP contribution < -0.4 is 11.1 Å². The molecule has 1 aromatic carbocycles. The number of halogens is 2. The lowest BCUT2D eigenvalue weighted by Crippen LogP contribution is -2.41. The van der Waals surface area contributed by atoms with Crippen molar-refractivity contribution in [1.82, 2.24) is 5.32 Å². The summed E-state index contributed by atoms with van der Waals surface area (Å²) < 4.78 is 26.0. The molecule has 0 aromatic heterocycles. The molecule has 19 heavy (non-hydrogen) atoms. The van der Waals surface area contributed by atoms with Gasteiger partial charge in [0, 0.05) is 10.1 Å². The number of nitrogens with two attached hydrogens (primary N) is 1. The van der Waals surface area contributed by atoms with Crippen molar-refractivity contribution >= 4 is 17.7 Å². The third kappa shape index (κ3) is 5.16. The lowest BCUT2D eigenvalue weighted by molar-refractivity contribution is 0.0118. The number of carbonyl (C=O) groups is 1. The van der Waals surface area contributed by atoms with Crippen LogP contribution in [0, 0.1) is 0 Å². The maximum atomic E-state index is 13.0. The van der Waals surface area contributed by atoms with E-state index in [4.69, 9.17) is 5.73 Å². The van der Waals surface area contributed by atoms with Crippen molar-refractivity contribution in [3.8, 4) is 0 Å². The second-order valence-corrected chi connectivity index (χ2v) is 6.02. The van der Waals surface area contributed by atoms with Crippen LogP contribution in [0.15, 0.2) is 29.2 Å². The maximum Gasteiger partial charge on any atom is 0.277 e. The van der Waals surface area contributed by atoms with Gasteiger partial charge in [0.1, 0.15) is 0 Å². The van der Waals surface area contributed by atoms with E-state index < -0.39 is 24.9 Å². The highest BCUT2D eigenvalue weighted by Crippen LogP contribution is 2.26. The molecule has 3 nitrogen and oxygen atoms in total. The van der Waals surface area contributed by atoms with E-state index in [0.717, 1.165) is 4.90 Å². The van der Waals surface area contributed by atoms with Crippen LogP contribution in [0.1, 0.15) is 24.2 Å². The molecule has 3 N–H and O–H groups in total. The van der Waals surface area contributed by atoms with E-state index in [1.54, 1.807) is 18.2 Å². The maximum absolute atomic E-state index is 13.0. The number of amides is 1.